The van der Waals surface area contributed by atoms with Crippen molar-refractivity contribution in [3.05, 3.63) is 84.2 Å². The van der Waals surface area contributed by atoms with Crippen LogP contribution in [0, 0.1) is 5.82 Å². The molecule has 0 fully saturated rings. The lowest BCUT2D eigenvalue weighted by atomic mass is 10.1. The van der Waals surface area contributed by atoms with Crippen molar-refractivity contribution < 1.29 is 31.9 Å². The van der Waals surface area contributed by atoms with Gasteiger partial charge in [-0.05, 0) is 67.4 Å². The minimum absolute atomic E-state index is 0.0395. The van der Waals surface area contributed by atoms with Crippen molar-refractivity contribution in [3.8, 4) is 11.5 Å². The molecular weight excluding hydrogens is 537 g/mol. The van der Waals surface area contributed by atoms with Gasteiger partial charge in [0.25, 0.3) is 10.0 Å². The quantitative estimate of drug-likeness (QED) is 0.333. The summed E-state index contributed by atoms with van der Waals surface area (Å²) < 4.78 is 53.0. The highest BCUT2D eigenvalue weighted by molar-refractivity contribution is 7.92. The monoisotopic (exact) mass is 571 g/mol. The van der Waals surface area contributed by atoms with E-state index in [-0.39, 0.29) is 28.8 Å². The Hall–Kier alpha value is -4.12. The highest BCUT2D eigenvalue weighted by Crippen LogP contribution is 2.33. The number of nitrogens with zero attached hydrogens (tertiary/aromatic N) is 2. The zero-order valence-electron chi connectivity index (χ0n) is 23.0. The number of anilines is 1. The van der Waals surface area contributed by atoms with Crippen molar-refractivity contribution in [2.24, 2.45) is 0 Å². The van der Waals surface area contributed by atoms with E-state index in [2.05, 4.69) is 5.32 Å². The number of para-hydroxylation sites is 2. The van der Waals surface area contributed by atoms with E-state index < -0.39 is 34.3 Å². The minimum atomic E-state index is -4.28. The van der Waals surface area contributed by atoms with Gasteiger partial charge in [-0.2, -0.15) is 0 Å². The van der Waals surface area contributed by atoms with Gasteiger partial charge < -0.3 is 19.7 Å². The Morgan fingerprint density at radius 2 is 1.60 bits per heavy atom. The number of halogens is 1. The highest BCUT2D eigenvalue weighted by Gasteiger charge is 2.33. The van der Waals surface area contributed by atoms with Crippen LogP contribution >= 0.6 is 0 Å². The molecule has 3 rings (SSSR count). The number of rotatable bonds is 13. The van der Waals surface area contributed by atoms with Gasteiger partial charge >= 0.3 is 0 Å². The van der Waals surface area contributed by atoms with E-state index in [1.807, 2.05) is 6.92 Å². The fraction of sp³-hybridized carbons (Fsp3) is 0.310. The number of methoxy groups -OCH3 is 2. The zero-order valence-corrected chi connectivity index (χ0v) is 23.8. The van der Waals surface area contributed by atoms with Crippen LogP contribution < -0.4 is 19.1 Å². The number of benzene rings is 3. The molecule has 3 aromatic carbocycles. The maximum Gasteiger partial charge on any atom is 0.264 e. The lowest BCUT2D eigenvalue weighted by Gasteiger charge is -2.32. The van der Waals surface area contributed by atoms with E-state index in [9.17, 15) is 22.4 Å². The number of sulfonamides is 1. The number of carbonyl (C=O) groups is 2. The van der Waals surface area contributed by atoms with Gasteiger partial charge in [-0.15, -0.1) is 0 Å². The van der Waals surface area contributed by atoms with Crippen LogP contribution in [0.25, 0.3) is 0 Å². The molecule has 0 radical (unpaired) electrons. The number of ether oxygens (including phenoxy) is 2. The van der Waals surface area contributed by atoms with E-state index in [1.165, 1.54) is 73.7 Å². The lowest BCUT2D eigenvalue weighted by Crippen LogP contribution is -2.51. The predicted molar refractivity (Wildman–Crippen MR) is 150 cm³/mol. The van der Waals surface area contributed by atoms with E-state index in [0.717, 1.165) is 4.31 Å². The summed E-state index contributed by atoms with van der Waals surface area (Å²) in [5.74, 6) is -0.753. The van der Waals surface area contributed by atoms with Crippen molar-refractivity contribution >= 4 is 27.5 Å². The number of nitrogens with one attached hydrogen (secondary N) is 1. The molecule has 1 atom stereocenters. The summed E-state index contributed by atoms with van der Waals surface area (Å²) >= 11 is 0. The fourth-order valence-corrected chi connectivity index (χ4v) is 5.41. The largest absolute Gasteiger partial charge is 0.497 e. The van der Waals surface area contributed by atoms with Crippen molar-refractivity contribution in [3.63, 3.8) is 0 Å². The van der Waals surface area contributed by atoms with Gasteiger partial charge in [-0.1, -0.05) is 31.2 Å². The van der Waals surface area contributed by atoms with Crippen molar-refractivity contribution in [1.82, 2.24) is 10.2 Å². The molecule has 0 saturated carbocycles. The Labute approximate surface area is 234 Å². The first-order valence-corrected chi connectivity index (χ1v) is 14.2. The predicted octanol–water partition coefficient (Wildman–Crippen LogP) is 3.98. The molecule has 0 aliphatic rings. The summed E-state index contributed by atoms with van der Waals surface area (Å²) in [4.78, 5) is 28.0. The first kappa shape index (κ1) is 30.4. The number of hydrogen-bond acceptors (Lipinski definition) is 6. The first-order chi connectivity index (χ1) is 19.1. The smallest absolute Gasteiger partial charge is 0.264 e. The van der Waals surface area contributed by atoms with Gasteiger partial charge in [0.2, 0.25) is 11.8 Å². The van der Waals surface area contributed by atoms with Crippen LogP contribution in [0.3, 0.4) is 0 Å². The molecule has 9 nitrogen and oxygen atoms in total. The van der Waals surface area contributed by atoms with Crippen molar-refractivity contribution in [2.75, 3.05) is 31.6 Å². The van der Waals surface area contributed by atoms with Gasteiger partial charge in [0.1, 0.15) is 29.9 Å². The van der Waals surface area contributed by atoms with Crippen LogP contribution in [-0.4, -0.2) is 58.5 Å². The van der Waals surface area contributed by atoms with Crippen LogP contribution in [0.1, 0.15) is 25.8 Å². The molecule has 0 saturated heterocycles. The van der Waals surface area contributed by atoms with E-state index in [0.29, 0.717) is 24.3 Å². The molecule has 40 heavy (non-hydrogen) atoms. The maximum absolute atomic E-state index is 13.9. The third-order valence-electron chi connectivity index (χ3n) is 6.26. The van der Waals surface area contributed by atoms with E-state index >= 15 is 0 Å². The maximum atomic E-state index is 13.9. The van der Waals surface area contributed by atoms with Crippen LogP contribution in [0.5, 0.6) is 11.5 Å². The van der Waals surface area contributed by atoms with Gasteiger partial charge in [0.15, 0.2) is 0 Å². The molecule has 1 unspecified atom stereocenters. The Bertz CT molecular complexity index is 1400. The summed E-state index contributed by atoms with van der Waals surface area (Å²) in [6.45, 7) is 3.23. The lowest BCUT2D eigenvalue weighted by molar-refractivity contribution is -0.139. The third-order valence-corrected chi connectivity index (χ3v) is 8.04. The van der Waals surface area contributed by atoms with Gasteiger partial charge in [-0.25, -0.2) is 12.8 Å². The van der Waals surface area contributed by atoms with Gasteiger partial charge in [0, 0.05) is 13.1 Å². The molecule has 0 aliphatic carbocycles. The van der Waals surface area contributed by atoms with Crippen molar-refractivity contribution in [2.45, 2.75) is 37.8 Å². The number of carbonyl (C=O) groups excluding carboxylic acids is 2. The second-order valence-electron chi connectivity index (χ2n) is 8.97. The molecule has 2 amide bonds. The van der Waals surface area contributed by atoms with Crippen LogP contribution in [0.4, 0.5) is 10.1 Å². The first-order valence-electron chi connectivity index (χ1n) is 12.7. The summed E-state index contributed by atoms with van der Waals surface area (Å²) in [6, 6.07) is 16.8. The Balaban J connectivity index is 2.05. The van der Waals surface area contributed by atoms with E-state index in [1.54, 1.807) is 25.1 Å². The minimum Gasteiger partial charge on any atom is -0.497 e. The van der Waals surface area contributed by atoms with Crippen LogP contribution in [-0.2, 0) is 26.2 Å². The number of amides is 2. The summed E-state index contributed by atoms with van der Waals surface area (Å²) in [6.07, 6.45) is 0.700. The van der Waals surface area contributed by atoms with Crippen molar-refractivity contribution in [1.29, 1.82) is 0 Å². The fourth-order valence-electron chi connectivity index (χ4n) is 3.99. The highest BCUT2D eigenvalue weighted by atomic mass is 32.2. The molecule has 0 spiro atoms. The second kappa shape index (κ2) is 13.8. The molecule has 0 aromatic heterocycles. The zero-order chi connectivity index (χ0) is 29.3. The summed E-state index contributed by atoms with van der Waals surface area (Å²) in [5, 5.41) is 2.78. The molecule has 3 aromatic rings. The Morgan fingerprint density at radius 3 is 2.20 bits per heavy atom. The van der Waals surface area contributed by atoms with Crippen LogP contribution in [0.2, 0.25) is 0 Å². The SMILES string of the molecule is CCCNC(=O)C(C)N(Cc1ccc(F)cc1)C(=O)CN(c1ccccc1OC)S(=O)(=O)c1ccc(OC)cc1. The van der Waals surface area contributed by atoms with E-state index in [4.69, 9.17) is 9.47 Å². The van der Waals surface area contributed by atoms with Gasteiger partial charge in [-0.3, -0.25) is 13.9 Å². The molecule has 0 heterocycles. The number of hydrogen-bond donors (Lipinski definition) is 1. The van der Waals surface area contributed by atoms with Gasteiger partial charge in [0.05, 0.1) is 24.8 Å². The van der Waals surface area contributed by atoms with Crippen LogP contribution in [0.15, 0.2) is 77.7 Å². The molecule has 214 valence electrons. The third kappa shape index (κ3) is 7.29. The topological polar surface area (TPSA) is 105 Å². The summed E-state index contributed by atoms with van der Waals surface area (Å²) in [7, 11) is -1.41. The average molecular weight is 572 g/mol. The molecule has 0 aliphatic heterocycles. The summed E-state index contributed by atoms with van der Waals surface area (Å²) in [5.41, 5.74) is 0.728. The molecule has 11 heteroatoms. The molecule has 1 N–H and O–H groups in total. The average Bonchev–Trinajstić information content (AvgIpc) is 2.97. The second-order valence-corrected chi connectivity index (χ2v) is 10.8. The standard InChI is InChI=1S/C29H34FN3O6S/c1-5-18-31-29(35)21(2)32(19-22-10-12-23(30)13-11-22)28(34)20-33(26-8-6-7-9-27(26)39-4)40(36,37)25-16-14-24(38-3)15-17-25/h6-17,21H,5,18-20H2,1-4H3,(H,31,35). The molecular formula is C29H34FN3O6S. The molecule has 0 bridgehead atoms. The Kier molecular flexibility index (Phi) is 10.5. The normalized spacial score (nSPS) is 11.8. The Morgan fingerprint density at radius 1 is 0.950 bits per heavy atom.